The SMILES string of the molecule is Cc1ccc(CC(=O)c2cc3ccc(F)cc3s2)nc1. The van der Waals surface area contributed by atoms with E-state index in [9.17, 15) is 9.18 Å². The second kappa shape index (κ2) is 5.13. The van der Waals surface area contributed by atoms with Crippen LogP contribution in [0.2, 0.25) is 0 Å². The van der Waals surface area contributed by atoms with Gasteiger partial charge in [-0.05, 0) is 42.1 Å². The van der Waals surface area contributed by atoms with Crippen LogP contribution >= 0.6 is 11.3 Å². The summed E-state index contributed by atoms with van der Waals surface area (Å²) in [5.74, 6) is -0.262. The van der Waals surface area contributed by atoms with Crippen molar-refractivity contribution < 1.29 is 9.18 Å². The van der Waals surface area contributed by atoms with E-state index in [4.69, 9.17) is 0 Å². The van der Waals surface area contributed by atoms with Crippen molar-refractivity contribution in [1.82, 2.24) is 4.98 Å². The van der Waals surface area contributed by atoms with E-state index >= 15 is 0 Å². The number of hydrogen-bond acceptors (Lipinski definition) is 3. The third-order valence-electron chi connectivity index (χ3n) is 3.07. The van der Waals surface area contributed by atoms with Crippen LogP contribution in [0.4, 0.5) is 4.39 Å². The van der Waals surface area contributed by atoms with Crippen LogP contribution in [0.3, 0.4) is 0 Å². The lowest BCUT2D eigenvalue weighted by Crippen LogP contribution is -2.02. The first-order chi connectivity index (χ1) is 9.61. The molecule has 100 valence electrons. The summed E-state index contributed by atoms with van der Waals surface area (Å²) in [6.07, 6.45) is 2.03. The summed E-state index contributed by atoms with van der Waals surface area (Å²) in [5.41, 5.74) is 1.82. The lowest BCUT2D eigenvalue weighted by Gasteiger charge is -1.98. The molecular weight excluding hydrogens is 273 g/mol. The number of benzene rings is 1. The van der Waals surface area contributed by atoms with Crippen molar-refractivity contribution >= 4 is 27.2 Å². The molecule has 0 radical (unpaired) electrons. The van der Waals surface area contributed by atoms with Crippen molar-refractivity contribution in [2.45, 2.75) is 13.3 Å². The second-order valence-corrected chi connectivity index (χ2v) is 5.80. The van der Waals surface area contributed by atoms with Gasteiger partial charge in [0.05, 0.1) is 11.3 Å². The van der Waals surface area contributed by atoms with E-state index in [1.165, 1.54) is 23.5 Å². The zero-order chi connectivity index (χ0) is 14.1. The third kappa shape index (κ3) is 2.60. The number of halogens is 1. The summed E-state index contributed by atoms with van der Waals surface area (Å²) in [4.78, 5) is 17.1. The number of ketones is 1. The summed E-state index contributed by atoms with van der Waals surface area (Å²) >= 11 is 1.32. The number of nitrogens with zero attached hydrogens (tertiary/aromatic N) is 1. The number of pyridine rings is 1. The predicted octanol–water partition coefficient (Wildman–Crippen LogP) is 4.17. The first-order valence-electron chi connectivity index (χ1n) is 6.26. The summed E-state index contributed by atoms with van der Waals surface area (Å²) in [6.45, 7) is 1.96. The fourth-order valence-corrected chi connectivity index (χ4v) is 3.02. The first kappa shape index (κ1) is 12.9. The van der Waals surface area contributed by atoms with E-state index in [2.05, 4.69) is 4.98 Å². The highest BCUT2D eigenvalue weighted by Crippen LogP contribution is 2.27. The Balaban J connectivity index is 1.86. The van der Waals surface area contributed by atoms with E-state index in [0.717, 1.165) is 21.3 Å². The highest BCUT2D eigenvalue weighted by atomic mass is 32.1. The molecule has 2 heterocycles. The molecule has 0 aliphatic rings. The highest BCUT2D eigenvalue weighted by Gasteiger charge is 2.12. The Morgan fingerprint density at radius 3 is 2.85 bits per heavy atom. The molecule has 0 atom stereocenters. The minimum atomic E-state index is -0.279. The molecule has 0 spiro atoms. The van der Waals surface area contributed by atoms with Gasteiger partial charge in [-0.3, -0.25) is 9.78 Å². The molecule has 0 aliphatic heterocycles. The standard InChI is InChI=1S/C16H12FNOS/c1-10-2-5-13(18-9-10)8-14(19)16-6-11-3-4-12(17)7-15(11)20-16/h2-7,9H,8H2,1H3. The van der Waals surface area contributed by atoms with E-state index in [-0.39, 0.29) is 18.0 Å². The topological polar surface area (TPSA) is 30.0 Å². The number of aromatic nitrogens is 1. The van der Waals surface area contributed by atoms with E-state index in [0.29, 0.717) is 4.88 Å². The fraction of sp³-hybridized carbons (Fsp3) is 0.125. The van der Waals surface area contributed by atoms with Crippen LogP contribution in [0.5, 0.6) is 0 Å². The van der Waals surface area contributed by atoms with Gasteiger partial charge >= 0.3 is 0 Å². The van der Waals surface area contributed by atoms with Gasteiger partial charge in [-0.15, -0.1) is 11.3 Å². The molecule has 0 bridgehead atoms. The molecule has 1 aromatic carbocycles. The van der Waals surface area contributed by atoms with Crippen LogP contribution in [-0.4, -0.2) is 10.8 Å². The van der Waals surface area contributed by atoms with Crippen molar-refractivity contribution in [3.63, 3.8) is 0 Å². The maximum absolute atomic E-state index is 13.1. The molecule has 0 fully saturated rings. The average Bonchev–Trinajstić information content (AvgIpc) is 2.84. The van der Waals surface area contributed by atoms with E-state index in [1.54, 1.807) is 12.3 Å². The largest absolute Gasteiger partial charge is 0.293 e. The third-order valence-corrected chi connectivity index (χ3v) is 4.21. The number of rotatable bonds is 3. The molecule has 3 rings (SSSR count). The normalized spacial score (nSPS) is 10.9. The van der Waals surface area contributed by atoms with Gasteiger partial charge in [0.25, 0.3) is 0 Å². The number of aryl methyl sites for hydroxylation is 1. The van der Waals surface area contributed by atoms with Crippen LogP contribution in [-0.2, 0) is 6.42 Å². The van der Waals surface area contributed by atoms with E-state index in [1.807, 2.05) is 25.1 Å². The quantitative estimate of drug-likeness (QED) is 0.676. The molecule has 2 nitrogen and oxygen atoms in total. The molecule has 4 heteroatoms. The first-order valence-corrected chi connectivity index (χ1v) is 7.07. The monoisotopic (exact) mass is 285 g/mol. The predicted molar refractivity (Wildman–Crippen MR) is 78.8 cm³/mol. The van der Waals surface area contributed by atoms with Crippen LogP contribution in [0.1, 0.15) is 20.9 Å². The summed E-state index contributed by atoms with van der Waals surface area (Å²) < 4.78 is 13.9. The van der Waals surface area contributed by atoms with Crippen LogP contribution in [0, 0.1) is 12.7 Å². The molecule has 2 aromatic heterocycles. The number of hydrogen-bond donors (Lipinski definition) is 0. The smallest absolute Gasteiger partial charge is 0.178 e. The Bertz CT molecular complexity index is 777. The molecule has 0 unspecified atom stereocenters. The summed E-state index contributed by atoms with van der Waals surface area (Å²) in [6, 6.07) is 10.2. The average molecular weight is 285 g/mol. The lowest BCUT2D eigenvalue weighted by atomic mass is 10.1. The zero-order valence-electron chi connectivity index (χ0n) is 10.9. The van der Waals surface area contributed by atoms with Crippen molar-refractivity contribution in [2.75, 3.05) is 0 Å². The van der Waals surface area contributed by atoms with Gasteiger partial charge in [0.15, 0.2) is 5.78 Å². The minimum Gasteiger partial charge on any atom is -0.293 e. The minimum absolute atomic E-state index is 0.0166. The second-order valence-electron chi connectivity index (χ2n) is 4.72. The zero-order valence-corrected chi connectivity index (χ0v) is 11.7. The maximum Gasteiger partial charge on any atom is 0.178 e. The Labute approximate surface area is 119 Å². The van der Waals surface area contributed by atoms with Crippen molar-refractivity contribution in [1.29, 1.82) is 0 Å². The molecule has 0 aliphatic carbocycles. The number of Topliss-reactive ketones (excluding diaryl/α,β-unsaturated/α-hetero) is 1. The molecule has 0 amide bonds. The van der Waals surface area contributed by atoms with E-state index < -0.39 is 0 Å². The molecule has 3 aromatic rings. The van der Waals surface area contributed by atoms with Gasteiger partial charge in [0.2, 0.25) is 0 Å². The molecule has 0 saturated heterocycles. The summed E-state index contributed by atoms with van der Waals surface area (Å²) in [7, 11) is 0. The number of thiophene rings is 1. The van der Waals surface area contributed by atoms with Crippen molar-refractivity contribution in [3.05, 3.63) is 64.5 Å². The van der Waals surface area contributed by atoms with Gasteiger partial charge in [-0.2, -0.15) is 0 Å². The van der Waals surface area contributed by atoms with Gasteiger partial charge in [-0.25, -0.2) is 4.39 Å². The van der Waals surface area contributed by atoms with Gasteiger partial charge in [0, 0.05) is 16.6 Å². The number of carbonyl (C=O) groups is 1. The molecule has 20 heavy (non-hydrogen) atoms. The van der Waals surface area contributed by atoms with Gasteiger partial charge in [-0.1, -0.05) is 12.1 Å². The number of fused-ring (bicyclic) bond motifs is 1. The van der Waals surface area contributed by atoms with Crippen LogP contribution in [0.25, 0.3) is 10.1 Å². The lowest BCUT2D eigenvalue weighted by molar-refractivity contribution is 0.0996. The highest BCUT2D eigenvalue weighted by molar-refractivity contribution is 7.20. The Morgan fingerprint density at radius 2 is 2.10 bits per heavy atom. The van der Waals surface area contributed by atoms with Crippen LogP contribution < -0.4 is 0 Å². The van der Waals surface area contributed by atoms with Gasteiger partial charge < -0.3 is 0 Å². The summed E-state index contributed by atoms with van der Waals surface area (Å²) in [5, 5.41) is 0.900. The van der Waals surface area contributed by atoms with Crippen molar-refractivity contribution in [3.8, 4) is 0 Å². The molecule has 0 N–H and O–H groups in total. The Morgan fingerprint density at radius 1 is 1.25 bits per heavy atom. The van der Waals surface area contributed by atoms with Crippen molar-refractivity contribution in [2.24, 2.45) is 0 Å². The molecule has 0 saturated carbocycles. The Hall–Kier alpha value is -2.07. The fourth-order valence-electron chi connectivity index (χ4n) is 2.00. The molecular formula is C16H12FNOS. The van der Waals surface area contributed by atoms with Gasteiger partial charge in [0.1, 0.15) is 5.82 Å². The number of carbonyl (C=O) groups excluding carboxylic acids is 1. The van der Waals surface area contributed by atoms with Crippen LogP contribution in [0.15, 0.2) is 42.6 Å². The Kier molecular flexibility index (Phi) is 3.32. The maximum atomic E-state index is 13.1.